The maximum atomic E-state index is 12.5. The fraction of sp³-hybridized carbons (Fsp3) is 0.0690. The predicted octanol–water partition coefficient (Wildman–Crippen LogP) is 24.4. The van der Waals surface area contributed by atoms with Crippen LogP contribution < -0.4 is 41.5 Å². The summed E-state index contributed by atoms with van der Waals surface area (Å²) < 4.78 is 24.2. The number of aromatic carboxylic acids is 2. The van der Waals surface area contributed by atoms with Gasteiger partial charge in [0.05, 0.1) is 59.0 Å². The number of benzene rings is 12. The monoisotopic (exact) mass is 1910 g/mol. The second-order valence-corrected chi connectivity index (χ2v) is 30.6. The molecule has 0 fully saturated rings. The van der Waals surface area contributed by atoms with Crippen LogP contribution in [0.25, 0.3) is 44.5 Å². The Bertz CT molecular complexity index is 6070. The molecule has 24 nitrogen and oxygen atoms in total. The topological polar surface area (TPSA) is 340 Å². The number of methoxy groups -OCH3 is 2. The number of rotatable bonds is 22. The number of carbonyl (C=O) groups is 3. The molecule has 3 heterocycles. The summed E-state index contributed by atoms with van der Waals surface area (Å²) in [6.07, 6.45) is 0. The van der Waals surface area contributed by atoms with Crippen molar-refractivity contribution in [3.8, 4) is 61.8 Å². The predicted molar refractivity (Wildman–Crippen MR) is 496 cm³/mol. The first-order valence-corrected chi connectivity index (χ1v) is 40.8. The minimum atomic E-state index is -1.18. The Kier molecular flexibility index (Phi) is 34.9. The van der Waals surface area contributed by atoms with Gasteiger partial charge in [0, 0.05) is 80.3 Å². The number of carboxylic acids is 2. The van der Waals surface area contributed by atoms with Crippen LogP contribution in [0.15, 0.2) is 265 Å². The second-order valence-electron chi connectivity index (χ2n) is 25.5. The molecular formula is C87H69BBrCl10N14O10. The number of aromatic nitrogens is 9. The van der Waals surface area contributed by atoms with Crippen molar-refractivity contribution >= 4 is 203 Å². The number of H-pyrrole nitrogens is 1. The molecule has 0 amide bonds. The second kappa shape index (κ2) is 46.0. The molecule has 0 saturated carbocycles. The number of ether oxygens (including phenoxy) is 3. The van der Waals surface area contributed by atoms with E-state index in [-0.39, 0.29) is 35.3 Å². The smallest absolute Gasteiger partial charge is 0.537 e. The third kappa shape index (κ3) is 27.4. The van der Waals surface area contributed by atoms with Crippen molar-refractivity contribution in [2.75, 3.05) is 48.2 Å². The largest absolute Gasteiger partial charge is 0.569 e. The Morgan fingerprint density at radius 3 is 1.11 bits per heavy atom. The van der Waals surface area contributed by atoms with Crippen LogP contribution in [0.3, 0.4) is 0 Å². The van der Waals surface area contributed by atoms with Gasteiger partial charge in [0.2, 0.25) is 17.1 Å². The van der Waals surface area contributed by atoms with E-state index in [1.54, 1.807) is 117 Å². The Balaban J connectivity index is 0.000000164. The fourth-order valence-electron chi connectivity index (χ4n) is 11.1. The Morgan fingerprint density at radius 2 is 0.764 bits per heavy atom. The molecule has 627 valence electrons. The molecule has 0 aliphatic rings. The molecule has 0 unspecified atom stereocenters. The lowest BCUT2D eigenvalue weighted by atomic mass is 10.1. The fourth-order valence-corrected chi connectivity index (χ4v) is 13.3. The van der Waals surface area contributed by atoms with Crippen LogP contribution in [0.2, 0.25) is 50.2 Å². The molecule has 36 heteroatoms. The van der Waals surface area contributed by atoms with E-state index in [0.717, 1.165) is 71.6 Å². The van der Waals surface area contributed by atoms with Gasteiger partial charge in [-0.3, -0.25) is 0 Å². The van der Waals surface area contributed by atoms with Gasteiger partial charge in [-0.25, -0.2) is 23.7 Å². The highest BCUT2D eigenvalue weighted by Gasteiger charge is 2.24. The molecular weight excluding hydrogens is 1850 g/mol. The number of hydrogen-bond acceptors (Lipinski definition) is 19. The van der Waals surface area contributed by atoms with E-state index >= 15 is 0 Å². The van der Waals surface area contributed by atoms with Crippen molar-refractivity contribution in [3.05, 3.63) is 344 Å². The van der Waals surface area contributed by atoms with Crippen molar-refractivity contribution in [3.63, 3.8) is 0 Å². The summed E-state index contributed by atoms with van der Waals surface area (Å²) in [5, 5.41) is 67.8. The van der Waals surface area contributed by atoms with Crippen LogP contribution in [0.5, 0.6) is 17.2 Å². The van der Waals surface area contributed by atoms with Gasteiger partial charge in [-0.1, -0.05) is 223 Å². The molecule has 1 radical (unpaired) electrons. The number of carbonyl (C=O) groups excluding carboxylic acids is 1. The van der Waals surface area contributed by atoms with Crippen LogP contribution in [-0.2, 0) is 17.8 Å². The molecule has 0 bridgehead atoms. The minimum absolute atomic E-state index is 0.0910. The van der Waals surface area contributed by atoms with Gasteiger partial charge in [0.1, 0.15) is 17.2 Å². The van der Waals surface area contributed by atoms with Crippen molar-refractivity contribution in [1.82, 2.24) is 45.4 Å². The quantitative estimate of drug-likeness (QED) is 0.0173. The zero-order valence-corrected chi connectivity index (χ0v) is 73.8. The minimum Gasteiger partial charge on any atom is -0.537 e. The van der Waals surface area contributed by atoms with Crippen LogP contribution >= 0.6 is 132 Å². The van der Waals surface area contributed by atoms with Crippen molar-refractivity contribution in [1.29, 1.82) is 0 Å². The highest BCUT2D eigenvalue weighted by atomic mass is 79.9. The number of nitrogens with one attached hydrogen (secondary N) is 4. The number of nitrogens with two attached hydrogens (primary N) is 2. The molecule has 12 aromatic carbocycles. The third-order valence-corrected chi connectivity index (χ3v) is 20.9. The van der Waals surface area contributed by atoms with E-state index < -0.39 is 17.9 Å². The van der Waals surface area contributed by atoms with E-state index in [1.165, 1.54) is 4.68 Å². The molecule has 3 aromatic heterocycles. The summed E-state index contributed by atoms with van der Waals surface area (Å²) in [5.74, 6) is -0.0964. The number of hydrogen-bond donors (Lipinski definition) is 9. The molecule has 15 rings (SSSR count). The normalized spacial score (nSPS) is 10.4. The number of carboxylic acid groups (broad SMARTS) is 2. The van der Waals surface area contributed by atoms with Crippen LogP contribution in [0, 0.1) is 0 Å². The van der Waals surface area contributed by atoms with Gasteiger partial charge in [-0.2, -0.15) is 5.21 Å². The molecule has 123 heavy (non-hydrogen) atoms. The van der Waals surface area contributed by atoms with E-state index in [2.05, 4.69) is 72.6 Å². The summed E-state index contributed by atoms with van der Waals surface area (Å²) in [7, 11) is 3.84. The number of esters is 1. The number of nitrogen functional groups attached to an aromatic ring is 2. The van der Waals surface area contributed by atoms with E-state index in [0.29, 0.717) is 111 Å². The average Bonchev–Trinajstić information content (AvgIpc) is 1.71. The first-order valence-electron chi connectivity index (χ1n) is 36.2. The van der Waals surface area contributed by atoms with E-state index in [9.17, 15) is 19.5 Å². The lowest BCUT2D eigenvalue weighted by molar-refractivity contribution is 0.0519. The van der Waals surface area contributed by atoms with Gasteiger partial charge in [0.25, 0.3) is 0 Å². The zero-order chi connectivity index (χ0) is 88.2. The average molecular weight is 1920 g/mol. The number of nitrogens with zero attached hydrogens (tertiary/aromatic N) is 8. The highest BCUT2D eigenvalue weighted by molar-refractivity contribution is 9.10. The number of aromatic amines is 1. The Hall–Kier alpha value is -11.7. The highest BCUT2D eigenvalue weighted by Crippen LogP contribution is 2.38. The lowest BCUT2D eigenvalue weighted by Gasteiger charge is -2.13. The molecule has 0 spiro atoms. The first kappa shape index (κ1) is 93.5. The maximum absolute atomic E-state index is 12.5. The van der Waals surface area contributed by atoms with Gasteiger partial charge >= 0.3 is 25.6 Å². The van der Waals surface area contributed by atoms with Gasteiger partial charge in [-0.15, -0.1) is 20.4 Å². The molecule has 0 aliphatic carbocycles. The number of halogens is 11. The summed E-state index contributed by atoms with van der Waals surface area (Å²) in [5.41, 5.74) is 23.2. The Labute approximate surface area is 764 Å². The van der Waals surface area contributed by atoms with Crippen LogP contribution in [0.4, 0.5) is 45.9 Å². The maximum Gasteiger partial charge on any atom is 0.569 e. The SMILES string of the molecule is CCOC(=O)c1nnn(Cc2ccc(OC)cc2)c1Nc1ccc(-c2ccc(Cl)cc2)c(Cl)c1.COc1ccc(Cn2nnc(C(=O)O)c2Nc2ccc(-c3ccc(Cl)cc3)c(Cl)c2)cc1.Nc1ccc(-c2ccc(Cl)cc2)c(Cl)c1.Nc1ccc(Br)c(Cl)c1.O=C(O)c1n[nH]nc1Nc1ccc(-c2ccc(Cl)cc2)c(Cl)c1.O[B]Oc1ccc(Cl)cc1. The zero-order valence-electron chi connectivity index (χ0n) is 64.6. The van der Waals surface area contributed by atoms with Crippen molar-refractivity contribution < 1.29 is 48.5 Å². The van der Waals surface area contributed by atoms with E-state index in [1.807, 2.05) is 170 Å². The number of anilines is 8. The van der Waals surface area contributed by atoms with Crippen LogP contribution in [-0.4, -0.2) is 107 Å². The third-order valence-electron chi connectivity index (χ3n) is 17.1. The van der Waals surface area contributed by atoms with Crippen LogP contribution in [0.1, 0.15) is 49.5 Å². The molecule has 0 atom stereocenters. The van der Waals surface area contributed by atoms with Gasteiger partial charge < -0.3 is 61.5 Å². The van der Waals surface area contributed by atoms with Crippen molar-refractivity contribution in [2.45, 2.75) is 20.0 Å². The summed E-state index contributed by atoms with van der Waals surface area (Å²) >= 11 is 63.6. The molecule has 0 saturated heterocycles. The standard InChI is InChI=1S/C25H22Cl2N4O3.C23H18Cl2N4O3.C15H10Cl2N4O2.C12H9Cl2N.C6H5BClO2.C6H5BrClN/c1-3-34-25(32)23-24(31(30-29-23)15-16-4-11-20(33-2)12-5-16)28-19-10-13-21(22(27)14-19)17-6-8-18(26)9-7-17;1-32-18-9-2-14(3-10-18)13-29-22(21(23(30)31)27-28-29)26-17-8-11-19(20(25)12-17)15-4-6-16(24)7-5-15;16-9-3-1-8(2-4-9)11-6-5-10(7-12(11)17)18-14-13(15(22)23)19-21-20-14;13-9-3-1-8(2-4-9)11-6-5-10(15)7-12(11)14;8-5-1-3-6(4-2-5)10-7-9;7-5-2-1-4(9)3-6(5)8/h4-14,28H,3,15H2,1-2H3;2-12,26H,13H2,1H3,(H,30,31);1-7H,(H,22,23)(H2,18,19,20,21);1-7H,15H2;1-4,9H;1-3H,9H2. The van der Waals surface area contributed by atoms with Crippen molar-refractivity contribution in [2.24, 2.45) is 0 Å². The summed E-state index contributed by atoms with van der Waals surface area (Å²) in [4.78, 5) is 35.2. The Morgan fingerprint density at radius 1 is 0.423 bits per heavy atom. The molecule has 11 N–H and O–H groups in total. The summed E-state index contributed by atoms with van der Waals surface area (Å²) in [6.45, 7) is 2.67. The van der Waals surface area contributed by atoms with Gasteiger partial charge in [0.15, 0.2) is 17.5 Å². The molecule has 15 aromatic rings. The van der Waals surface area contributed by atoms with E-state index in [4.69, 9.17) is 152 Å². The lowest BCUT2D eigenvalue weighted by Crippen LogP contribution is -2.11. The molecule has 0 aliphatic heterocycles. The first-order chi connectivity index (χ1) is 59.1. The van der Waals surface area contributed by atoms with Gasteiger partial charge in [-0.05, 0) is 220 Å². The summed E-state index contributed by atoms with van der Waals surface area (Å²) in [6, 6.07) is 78.3.